The predicted molar refractivity (Wildman–Crippen MR) is 94.6 cm³/mol. The number of nitrogens with zero attached hydrogens (tertiary/aromatic N) is 3. The van der Waals surface area contributed by atoms with Crippen LogP contribution in [-0.4, -0.2) is 14.8 Å². The smallest absolute Gasteiger partial charge is 0.0758 e. The monoisotopic (exact) mass is 295 g/mol. The van der Waals surface area contributed by atoms with Crippen molar-refractivity contribution in [2.24, 2.45) is 7.05 Å². The molecule has 0 saturated heterocycles. The first-order valence-electron chi connectivity index (χ1n) is 7.84. The fourth-order valence-electron chi connectivity index (χ4n) is 2.12. The molecule has 0 saturated carbocycles. The molecule has 0 amide bonds. The summed E-state index contributed by atoms with van der Waals surface area (Å²) in [5.41, 5.74) is 4.56. The Hall–Kier alpha value is -2.42. The van der Waals surface area contributed by atoms with E-state index in [1.165, 1.54) is 5.56 Å². The number of aromatic nitrogens is 3. The van der Waals surface area contributed by atoms with Crippen molar-refractivity contribution in [3.8, 4) is 22.4 Å². The zero-order valence-corrected chi connectivity index (χ0v) is 14.1. The van der Waals surface area contributed by atoms with Crippen LogP contribution >= 0.6 is 0 Å². The fourth-order valence-corrected chi connectivity index (χ4v) is 2.12. The van der Waals surface area contributed by atoms with E-state index < -0.39 is 0 Å². The van der Waals surface area contributed by atoms with Crippen LogP contribution in [0.1, 0.15) is 27.7 Å². The molecular weight excluding hydrogens is 270 g/mol. The highest BCUT2D eigenvalue weighted by atomic mass is 15.3. The van der Waals surface area contributed by atoms with E-state index in [9.17, 15) is 0 Å². The summed E-state index contributed by atoms with van der Waals surface area (Å²) in [5.74, 6) is 0. The van der Waals surface area contributed by atoms with Crippen molar-refractivity contribution in [1.82, 2.24) is 14.8 Å². The van der Waals surface area contributed by atoms with E-state index in [1.807, 2.05) is 76.0 Å². The molecule has 3 heteroatoms. The normalized spacial score (nSPS) is 9.14. The molecule has 116 valence electrons. The summed E-state index contributed by atoms with van der Waals surface area (Å²) in [4.78, 5) is 4.06. The van der Waals surface area contributed by atoms with Gasteiger partial charge in [-0.2, -0.15) is 5.10 Å². The minimum absolute atomic E-state index is 1.11. The molecule has 0 atom stereocenters. The maximum atomic E-state index is 4.37. The van der Waals surface area contributed by atoms with Crippen LogP contribution in [0.4, 0.5) is 0 Å². The molecule has 0 radical (unpaired) electrons. The van der Waals surface area contributed by atoms with Crippen molar-refractivity contribution in [2.75, 3.05) is 0 Å². The molecule has 0 N–H and O–H groups in total. The molecule has 0 aliphatic carbocycles. The molecular formula is C19H25N3. The number of rotatable bonds is 2. The molecule has 0 fully saturated rings. The van der Waals surface area contributed by atoms with Crippen LogP contribution in [0.3, 0.4) is 0 Å². The summed E-state index contributed by atoms with van der Waals surface area (Å²) in [6.45, 7) is 8.00. The first-order valence-corrected chi connectivity index (χ1v) is 7.84. The van der Waals surface area contributed by atoms with Crippen LogP contribution in [0.25, 0.3) is 22.4 Å². The van der Waals surface area contributed by atoms with Crippen LogP contribution in [0.2, 0.25) is 0 Å². The van der Waals surface area contributed by atoms with E-state index in [0.717, 1.165) is 16.8 Å². The number of aryl methyl sites for hydroxylation is 1. The van der Waals surface area contributed by atoms with E-state index in [-0.39, 0.29) is 0 Å². The van der Waals surface area contributed by atoms with Crippen LogP contribution in [0.5, 0.6) is 0 Å². The van der Waals surface area contributed by atoms with Gasteiger partial charge in [-0.3, -0.25) is 9.67 Å². The maximum absolute atomic E-state index is 4.37. The zero-order valence-electron chi connectivity index (χ0n) is 14.1. The number of hydrogen-bond donors (Lipinski definition) is 0. The Morgan fingerprint density at radius 3 is 1.95 bits per heavy atom. The highest BCUT2D eigenvalue weighted by Crippen LogP contribution is 2.30. The first kappa shape index (κ1) is 17.6. The van der Waals surface area contributed by atoms with Crippen molar-refractivity contribution in [2.45, 2.75) is 27.7 Å². The van der Waals surface area contributed by atoms with Crippen molar-refractivity contribution >= 4 is 0 Å². The largest absolute Gasteiger partial charge is 0.267 e. The van der Waals surface area contributed by atoms with Crippen LogP contribution in [0.15, 0.2) is 61.1 Å². The van der Waals surface area contributed by atoms with E-state index in [1.54, 1.807) is 12.4 Å². The first-order chi connectivity index (χ1) is 10.9. The molecule has 0 unspecified atom stereocenters. The minimum atomic E-state index is 1.11. The SMILES string of the molecule is CC.CC.Cn1ncc(-c2ccccc2)c1-c1ccncc1. The van der Waals surface area contributed by atoms with E-state index in [2.05, 4.69) is 22.2 Å². The molecule has 2 aromatic heterocycles. The quantitative estimate of drug-likeness (QED) is 0.650. The Kier molecular flexibility index (Phi) is 7.62. The van der Waals surface area contributed by atoms with Gasteiger partial charge in [0.05, 0.1) is 11.9 Å². The Bertz CT molecular complexity index is 643. The molecule has 3 aromatic rings. The molecule has 0 spiro atoms. The van der Waals surface area contributed by atoms with Gasteiger partial charge in [0.1, 0.15) is 0 Å². The van der Waals surface area contributed by atoms with Crippen LogP contribution in [-0.2, 0) is 7.05 Å². The van der Waals surface area contributed by atoms with E-state index >= 15 is 0 Å². The van der Waals surface area contributed by atoms with Gasteiger partial charge in [-0.05, 0) is 17.7 Å². The van der Waals surface area contributed by atoms with Gasteiger partial charge in [0, 0.05) is 30.6 Å². The number of pyridine rings is 1. The van der Waals surface area contributed by atoms with Crippen LogP contribution < -0.4 is 0 Å². The summed E-state index contributed by atoms with van der Waals surface area (Å²) >= 11 is 0. The Morgan fingerprint density at radius 1 is 0.773 bits per heavy atom. The van der Waals surface area contributed by atoms with E-state index in [0.29, 0.717) is 0 Å². The second-order valence-electron chi connectivity index (χ2n) is 4.13. The van der Waals surface area contributed by atoms with Gasteiger partial charge >= 0.3 is 0 Å². The third kappa shape index (κ3) is 4.04. The highest BCUT2D eigenvalue weighted by Gasteiger charge is 2.11. The number of hydrogen-bond acceptors (Lipinski definition) is 2. The summed E-state index contributed by atoms with van der Waals surface area (Å²) < 4.78 is 1.90. The maximum Gasteiger partial charge on any atom is 0.0758 e. The third-order valence-corrected chi connectivity index (χ3v) is 2.98. The molecule has 0 bridgehead atoms. The van der Waals surface area contributed by atoms with Gasteiger partial charge in [0.25, 0.3) is 0 Å². The molecule has 3 nitrogen and oxygen atoms in total. The van der Waals surface area contributed by atoms with Gasteiger partial charge in [-0.15, -0.1) is 0 Å². The van der Waals surface area contributed by atoms with Crippen molar-refractivity contribution < 1.29 is 0 Å². The topological polar surface area (TPSA) is 30.7 Å². The summed E-state index contributed by atoms with van der Waals surface area (Å²) in [7, 11) is 1.96. The van der Waals surface area contributed by atoms with Crippen molar-refractivity contribution in [1.29, 1.82) is 0 Å². The van der Waals surface area contributed by atoms with Gasteiger partial charge in [0.15, 0.2) is 0 Å². The Labute approximate surface area is 133 Å². The second-order valence-corrected chi connectivity index (χ2v) is 4.13. The molecule has 1 aromatic carbocycles. The summed E-state index contributed by atoms with van der Waals surface area (Å²) in [5, 5.41) is 4.37. The highest BCUT2D eigenvalue weighted by molar-refractivity contribution is 5.80. The fraction of sp³-hybridized carbons (Fsp3) is 0.263. The lowest BCUT2D eigenvalue weighted by molar-refractivity contribution is 0.776. The van der Waals surface area contributed by atoms with Crippen LogP contribution in [0, 0.1) is 0 Å². The lowest BCUT2D eigenvalue weighted by Crippen LogP contribution is -1.94. The van der Waals surface area contributed by atoms with Crippen molar-refractivity contribution in [3.05, 3.63) is 61.1 Å². The summed E-state index contributed by atoms with van der Waals surface area (Å²) in [6, 6.07) is 14.3. The summed E-state index contributed by atoms with van der Waals surface area (Å²) in [6.07, 6.45) is 5.51. The second kappa shape index (κ2) is 9.50. The van der Waals surface area contributed by atoms with Gasteiger partial charge in [-0.1, -0.05) is 58.0 Å². The molecule has 0 aliphatic rings. The Morgan fingerprint density at radius 2 is 1.36 bits per heavy atom. The lowest BCUT2D eigenvalue weighted by atomic mass is 10.0. The standard InChI is InChI=1S/C15H13N3.2C2H6/c1-18-15(13-7-9-16-10-8-13)14(11-17-18)12-5-3-2-4-6-12;2*1-2/h2-11H,1H3;2*1-2H3. The average molecular weight is 295 g/mol. The zero-order chi connectivity index (χ0) is 16.4. The predicted octanol–water partition coefficient (Wildman–Crippen LogP) is 5.20. The molecule has 3 rings (SSSR count). The van der Waals surface area contributed by atoms with Crippen molar-refractivity contribution in [3.63, 3.8) is 0 Å². The number of benzene rings is 1. The molecule has 2 heterocycles. The molecule has 0 aliphatic heterocycles. The lowest BCUT2D eigenvalue weighted by Gasteiger charge is -2.06. The Balaban J connectivity index is 0.000000561. The minimum Gasteiger partial charge on any atom is -0.267 e. The van der Waals surface area contributed by atoms with E-state index in [4.69, 9.17) is 0 Å². The van der Waals surface area contributed by atoms with Gasteiger partial charge in [0.2, 0.25) is 0 Å². The average Bonchev–Trinajstić information content (AvgIpc) is 3.01. The van der Waals surface area contributed by atoms with Gasteiger partial charge < -0.3 is 0 Å². The third-order valence-electron chi connectivity index (χ3n) is 2.98. The van der Waals surface area contributed by atoms with Gasteiger partial charge in [-0.25, -0.2) is 0 Å². The molecule has 22 heavy (non-hydrogen) atoms.